The standard InChI is InChI=1S/C13H20N2O/c1-3-11-9-16-7-6-15(11)12-4-5-13(14)10(2)8-12/h4-5,8,11H,3,6-7,9,14H2,1-2H3. The van der Waals surface area contributed by atoms with Crippen LogP contribution in [0.25, 0.3) is 0 Å². The molecular formula is C13H20N2O. The van der Waals surface area contributed by atoms with Crippen molar-refractivity contribution < 1.29 is 4.74 Å². The Hall–Kier alpha value is -1.22. The van der Waals surface area contributed by atoms with Crippen LogP contribution in [-0.2, 0) is 4.74 Å². The zero-order valence-electron chi connectivity index (χ0n) is 10.1. The van der Waals surface area contributed by atoms with Crippen LogP contribution in [0.3, 0.4) is 0 Å². The third kappa shape index (κ3) is 2.14. The molecule has 88 valence electrons. The molecule has 1 fully saturated rings. The van der Waals surface area contributed by atoms with Crippen molar-refractivity contribution in [2.45, 2.75) is 26.3 Å². The number of nitrogen functional groups attached to an aromatic ring is 1. The molecule has 2 rings (SSSR count). The van der Waals surface area contributed by atoms with E-state index in [-0.39, 0.29) is 0 Å². The van der Waals surface area contributed by atoms with Crippen molar-refractivity contribution in [3.63, 3.8) is 0 Å². The molecule has 1 atom stereocenters. The molecule has 3 nitrogen and oxygen atoms in total. The molecule has 2 N–H and O–H groups in total. The fourth-order valence-electron chi connectivity index (χ4n) is 2.17. The summed E-state index contributed by atoms with van der Waals surface area (Å²) < 4.78 is 5.51. The Bertz CT molecular complexity index is 365. The summed E-state index contributed by atoms with van der Waals surface area (Å²) in [5, 5.41) is 0. The van der Waals surface area contributed by atoms with Crippen LogP contribution in [-0.4, -0.2) is 25.8 Å². The molecule has 0 bridgehead atoms. The minimum absolute atomic E-state index is 0.497. The number of ether oxygens (including phenoxy) is 1. The maximum Gasteiger partial charge on any atom is 0.0670 e. The van der Waals surface area contributed by atoms with Crippen LogP contribution in [0.4, 0.5) is 11.4 Å². The van der Waals surface area contributed by atoms with Crippen LogP contribution >= 0.6 is 0 Å². The number of benzene rings is 1. The number of morpholine rings is 1. The van der Waals surface area contributed by atoms with Gasteiger partial charge < -0.3 is 15.4 Å². The van der Waals surface area contributed by atoms with Crippen molar-refractivity contribution in [3.8, 4) is 0 Å². The summed E-state index contributed by atoms with van der Waals surface area (Å²) >= 11 is 0. The highest BCUT2D eigenvalue weighted by Gasteiger charge is 2.21. The van der Waals surface area contributed by atoms with E-state index < -0.39 is 0 Å². The quantitative estimate of drug-likeness (QED) is 0.776. The summed E-state index contributed by atoms with van der Waals surface area (Å²) in [5.74, 6) is 0. The minimum Gasteiger partial charge on any atom is -0.399 e. The summed E-state index contributed by atoms with van der Waals surface area (Å²) in [5.41, 5.74) is 9.13. The predicted molar refractivity (Wildman–Crippen MR) is 67.8 cm³/mol. The Morgan fingerprint density at radius 1 is 1.50 bits per heavy atom. The van der Waals surface area contributed by atoms with Crippen LogP contribution < -0.4 is 10.6 Å². The molecule has 0 saturated carbocycles. The molecule has 16 heavy (non-hydrogen) atoms. The molecular weight excluding hydrogens is 200 g/mol. The number of nitrogens with two attached hydrogens (primary N) is 1. The largest absolute Gasteiger partial charge is 0.399 e. The number of aryl methyl sites for hydroxylation is 1. The maximum absolute atomic E-state index is 5.84. The second kappa shape index (κ2) is 4.74. The Labute approximate surface area is 97.2 Å². The fraction of sp³-hybridized carbons (Fsp3) is 0.538. The molecule has 1 heterocycles. The van der Waals surface area contributed by atoms with Gasteiger partial charge in [0.25, 0.3) is 0 Å². The van der Waals surface area contributed by atoms with Crippen LogP contribution in [0, 0.1) is 6.92 Å². The van der Waals surface area contributed by atoms with Gasteiger partial charge in [-0.2, -0.15) is 0 Å². The van der Waals surface area contributed by atoms with Crippen LogP contribution in [0.5, 0.6) is 0 Å². The summed E-state index contributed by atoms with van der Waals surface area (Å²) in [4.78, 5) is 2.43. The number of nitrogens with zero attached hydrogens (tertiary/aromatic N) is 1. The van der Waals surface area contributed by atoms with Crippen molar-refractivity contribution in [1.82, 2.24) is 0 Å². The van der Waals surface area contributed by atoms with E-state index in [1.54, 1.807) is 0 Å². The topological polar surface area (TPSA) is 38.5 Å². The van der Waals surface area contributed by atoms with E-state index in [1.165, 1.54) is 5.69 Å². The first-order valence-corrected chi connectivity index (χ1v) is 5.93. The molecule has 1 aliphatic rings. The zero-order valence-corrected chi connectivity index (χ0v) is 10.1. The third-order valence-electron chi connectivity index (χ3n) is 3.28. The molecule has 0 aliphatic carbocycles. The Morgan fingerprint density at radius 2 is 2.31 bits per heavy atom. The SMILES string of the molecule is CCC1COCCN1c1ccc(N)c(C)c1. The monoisotopic (exact) mass is 220 g/mol. The lowest BCUT2D eigenvalue weighted by atomic mass is 10.1. The van der Waals surface area contributed by atoms with Gasteiger partial charge in [0, 0.05) is 17.9 Å². The van der Waals surface area contributed by atoms with E-state index >= 15 is 0 Å². The first-order chi connectivity index (χ1) is 7.72. The number of hydrogen-bond donors (Lipinski definition) is 1. The van der Waals surface area contributed by atoms with Gasteiger partial charge in [-0.1, -0.05) is 6.92 Å². The molecule has 3 heteroatoms. The molecule has 0 aromatic heterocycles. The minimum atomic E-state index is 0.497. The number of rotatable bonds is 2. The van der Waals surface area contributed by atoms with E-state index in [0.717, 1.165) is 37.4 Å². The van der Waals surface area contributed by atoms with Gasteiger partial charge in [-0.05, 0) is 37.1 Å². The third-order valence-corrected chi connectivity index (χ3v) is 3.28. The number of anilines is 2. The molecule has 0 radical (unpaired) electrons. The summed E-state index contributed by atoms with van der Waals surface area (Å²) in [6, 6.07) is 6.77. The molecule has 1 aromatic rings. The average molecular weight is 220 g/mol. The van der Waals surface area contributed by atoms with Gasteiger partial charge in [0.1, 0.15) is 0 Å². The summed E-state index contributed by atoms with van der Waals surface area (Å²) in [6.45, 7) is 6.89. The van der Waals surface area contributed by atoms with Crippen molar-refractivity contribution in [2.75, 3.05) is 30.4 Å². The van der Waals surface area contributed by atoms with Crippen LogP contribution in [0.2, 0.25) is 0 Å². The van der Waals surface area contributed by atoms with Crippen molar-refractivity contribution in [1.29, 1.82) is 0 Å². The van der Waals surface area contributed by atoms with Crippen molar-refractivity contribution in [2.24, 2.45) is 0 Å². The van der Waals surface area contributed by atoms with Crippen LogP contribution in [0.1, 0.15) is 18.9 Å². The van der Waals surface area contributed by atoms with E-state index in [9.17, 15) is 0 Å². The Balaban J connectivity index is 2.23. The molecule has 1 aliphatic heterocycles. The second-order valence-corrected chi connectivity index (χ2v) is 4.37. The van der Waals surface area contributed by atoms with Crippen LogP contribution in [0.15, 0.2) is 18.2 Å². The fourth-order valence-corrected chi connectivity index (χ4v) is 2.17. The highest BCUT2D eigenvalue weighted by atomic mass is 16.5. The smallest absolute Gasteiger partial charge is 0.0670 e. The normalized spacial score (nSPS) is 21.1. The first kappa shape index (κ1) is 11.3. The van der Waals surface area contributed by atoms with E-state index in [4.69, 9.17) is 10.5 Å². The van der Waals surface area contributed by atoms with Gasteiger partial charge in [-0.3, -0.25) is 0 Å². The first-order valence-electron chi connectivity index (χ1n) is 5.93. The van der Waals surface area contributed by atoms with Gasteiger partial charge >= 0.3 is 0 Å². The van der Waals surface area contributed by atoms with E-state index in [0.29, 0.717) is 6.04 Å². The van der Waals surface area contributed by atoms with Gasteiger partial charge in [0.2, 0.25) is 0 Å². The highest BCUT2D eigenvalue weighted by molar-refractivity contribution is 5.58. The van der Waals surface area contributed by atoms with E-state index in [2.05, 4.69) is 30.9 Å². The van der Waals surface area contributed by atoms with Gasteiger partial charge in [-0.15, -0.1) is 0 Å². The Morgan fingerprint density at radius 3 is 3.00 bits per heavy atom. The van der Waals surface area contributed by atoms with Gasteiger partial charge in [0.05, 0.1) is 19.3 Å². The van der Waals surface area contributed by atoms with Gasteiger partial charge in [0.15, 0.2) is 0 Å². The maximum atomic E-state index is 5.84. The number of hydrogen-bond acceptors (Lipinski definition) is 3. The highest BCUT2D eigenvalue weighted by Crippen LogP contribution is 2.24. The zero-order chi connectivity index (χ0) is 11.5. The predicted octanol–water partition coefficient (Wildman–Crippen LogP) is 2.19. The molecule has 1 saturated heterocycles. The molecule has 1 aromatic carbocycles. The summed E-state index contributed by atoms with van der Waals surface area (Å²) in [6.07, 6.45) is 1.11. The lowest BCUT2D eigenvalue weighted by Crippen LogP contribution is -2.45. The molecule has 0 spiro atoms. The summed E-state index contributed by atoms with van der Waals surface area (Å²) in [7, 11) is 0. The lowest BCUT2D eigenvalue weighted by Gasteiger charge is -2.37. The van der Waals surface area contributed by atoms with Crippen molar-refractivity contribution in [3.05, 3.63) is 23.8 Å². The average Bonchev–Trinajstić information content (AvgIpc) is 2.32. The van der Waals surface area contributed by atoms with E-state index in [1.807, 2.05) is 6.07 Å². The Kier molecular flexibility index (Phi) is 3.34. The molecule has 1 unspecified atom stereocenters. The van der Waals surface area contributed by atoms with Crippen molar-refractivity contribution >= 4 is 11.4 Å². The van der Waals surface area contributed by atoms with Gasteiger partial charge in [-0.25, -0.2) is 0 Å². The second-order valence-electron chi connectivity index (χ2n) is 4.37. The lowest BCUT2D eigenvalue weighted by molar-refractivity contribution is 0.0930. The molecule has 0 amide bonds.